The molecule has 0 spiro atoms. The van der Waals surface area contributed by atoms with Crippen LogP contribution in [0.15, 0.2) is 48.5 Å². The number of rotatable bonds is 5. The molecule has 0 radical (unpaired) electrons. The molecule has 2 aromatic carbocycles. The van der Waals surface area contributed by atoms with E-state index >= 15 is 0 Å². The molecule has 3 nitrogen and oxygen atoms in total. The normalized spacial score (nSPS) is 13.6. The van der Waals surface area contributed by atoms with Gasteiger partial charge in [-0.2, -0.15) is 0 Å². The molecular weight excluding hydrogens is 339 g/mol. The van der Waals surface area contributed by atoms with Crippen LogP contribution >= 0.6 is 11.6 Å². The molecule has 0 aliphatic carbocycles. The third-order valence-electron chi connectivity index (χ3n) is 4.30. The molecule has 0 saturated carbocycles. The second-order valence-electron chi connectivity index (χ2n) is 6.06. The number of halogens is 2. The van der Waals surface area contributed by atoms with Crippen LogP contribution in [0.5, 0.6) is 5.88 Å². The van der Waals surface area contributed by atoms with E-state index in [4.69, 9.17) is 16.3 Å². The van der Waals surface area contributed by atoms with Crippen molar-refractivity contribution < 1.29 is 9.13 Å². The van der Waals surface area contributed by atoms with E-state index in [-0.39, 0.29) is 17.9 Å². The largest absolute Gasteiger partial charge is 0.481 e. The minimum Gasteiger partial charge on any atom is -0.481 e. The van der Waals surface area contributed by atoms with Gasteiger partial charge in [0, 0.05) is 33.6 Å². The Labute approximate surface area is 151 Å². The quantitative estimate of drug-likeness (QED) is 0.658. The fourth-order valence-corrected chi connectivity index (χ4v) is 3.17. The molecular formula is C20H20ClFN2O. The van der Waals surface area contributed by atoms with Crippen molar-refractivity contribution in [1.29, 1.82) is 0 Å². The van der Waals surface area contributed by atoms with E-state index in [1.165, 1.54) is 6.07 Å². The van der Waals surface area contributed by atoms with Gasteiger partial charge in [-0.25, -0.2) is 9.37 Å². The Morgan fingerprint density at radius 1 is 1.04 bits per heavy atom. The van der Waals surface area contributed by atoms with E-state index in [1.807, 2.05) is 38.1 Å². The van der Waals surface area contributed by atoms with Gasteiger partial charge in [0.2, 0.25) is 5.88 Å². The molecule has 1 N–H and O–H groups in total. The second-order valence-corrected chi connectivity index (χ2v) is 6.49. The van der Waals surface area contributed by atoms with E-state index < -0.39 is 0 Å². The first-order chi connectivity index (χ1) is 12.0. The van der Waals surface area contributed by atoms with Crippen LogP contribution in [0.4, 0.5) is 4.39 Å². The van der Waals surface area contributed by atoms with Crippen LogP contribution in [0.25, 0.3) is 10.9 Å². The highest BCUT2D eigenvalue weighted by atomic mass is 35.5. The van der Waals surface area contributed by atoms with E-state index in [2.05, 4.69) is 16.4 Å². The number of fused-ring (bicyclic) bond motifs is 1. The maximum Gasteiger partial charge on any atom is 0.218 e. The van der Waals surface area contributed by atoms with Crippen LogP contribution in [0.2, 0.25) is 5.02 Å². The fourth-order valence-electron chi connectivity index (χ4n) is 2.99. The number of hydrogen-bond acceptors (Lipinski definition) is 3. The van der Waals surface area contributed by atoms with Crippen LogP contribution in [-0.2, 0) is 0 Å². The topological polar surface area (TPSA) is 34.1 Å². The molecule has 5 heteroatoms. The Hall–Kier alpha value is -2.17. The molecule has 0 aliphatic heterocycles. The molecule has 3 rings (SSSR count). The molecule has 1 unspecified atom stereocenters. The van der Waals surface area contributed by atoms with Crippen LogP contribution in [0.3, 0.4) is 0 Å². The van der Waals surface area contributed by atoms with E-state index in [9.17, 15) is 4.39 Å². The minimum atomic E-state index is -0.278. The van der Waals surface area contributed by atoms with Gasteiger partial charge in [-0.15, -0.1) is 0 Å². The third kappa shape index (κ3) is 3.75. The maximum absolute atomic E-state index is 14.1. The molecule has 25 heavy (non-hydrogen) atoms. The first-order valence-electron chi connectivity index (χ1n) is 8.14. The number of aromatic nitrogens is 1. The van der Waals surface area contributed by atoms with Crippen LogP contribution in [-0.4, -0.2) is 12.1 Å². The molecule has 2 atom stereocenters. The Kier molecular flexibility index (Phi) is 5.21. The van der Waals surface area contributed by atoms with Crippen molar-refractivity contribution in [2.45, 2.75) is 25.9 Å². The molecule has 0 bridgehead atoms. The van der Waals surface area contributed by atoms with Gasteiger partial charge < -0.3 is 10.1 Å². The first-order valence-corrected chi connectivity index (χ1v) is 8.52. The Morgan fingerprint density at radius 3 is 2.52 bits per heavy atom. The average molecular weight is 359 g/mol. The molecule has 0 fully saturated rings. The standard InChI is InChI=1S/C20H20ClFN2O/c1-12(16-11-15(21)8-9-18(16)22)23-13(2)17-10-14-6-4-5-7-19(14)24-20(17)25-3/h4-13,23H,1-3H3/t12-,13?/m0/s1. The summed E-state index contributed by atoms with van der Waals surface area (Å²) >= 11 is 6.00. The lowest BCUT2D eigenvalue weighted by Crippen LogP contribution is -2.24. The zero-order valence-corrected chi connectivity index (χ0v) is 15.1. The highest BCUT2D eigenvalue weighted by Gasteiger charge is 2.19. The van der Waals surface area contributed by atoms with Crippen molar-refractivity contribution in [3.63, 3.8) is 0 Å². The second kappa shape index (κ2) is 7.38. The number of benzene rings is 2. The van der Waals surface area contributed by atoms with Gasteiger partial charge in [0.1, 0.15) is 5.82 Å². The summed E-state index contributed by atoms with van der Waals surface area (Å²) in [5.74, 6) is 0.290. The lowest BCUT2D eigenvalue weighted by atomic mass is 10.0. The summed E-state index contributed by atoms with van der Waals surface area (Å²) in [6.07, 6.45) is 0. The predicted octanol–water partition coefficient (Wildman–Crippen LogP) is 5.45. The number of pyridine rings is 1. The van der Waals surface area contributed by atoms with Crippen molar-refractivity contribution in [3.8, 4) is 5.88 Å². The van der Waals surface area contributed by atoms with E-state index in [1.54, 1.807) is 19.2 Å². The molecule has 1 aromatic heterocycles. The summed E-state index contributed by atoms with van der Waals surface area (Å²) in [5.41, 5.74) is 2.34. The third-order valence-corrected chi connectivity index (χ3v) is 4.54. The first kappa shape index (κ1) is 17.6. The zero-order chi connectivity index (χ0) is 18.0. The fraction of sp³-hybridized carbons (Fsp3) is 0.250. The lowest BCUT2D eigenvalue weighted by molar-refractivity contribution is 0.381. The van der Waals surface area contributed by atoms with Crippen LogP contribution in [0, 0.1) is 5.82 Å². The van der Waals surface area contributed by atoms with E-state index in [0.29, 0.717) is 16.5 Å². The van der Waals surface area contributed by atoms with Crippen LogP contribution < -0.4 is 10.1 Å². The Bertz CT molecular complexity index is 900. The van der Waals surface area contributed by atoms with Crippen molar-refractivity contribution in [2.75, 3.05) is 7.11 Å². The van der Waals surface area contributed by atoms with Gasteiger partial charge in [0.05, 0.1) is 12.6 Å². The highest BCUT2D eigenvalue weighted by molar-refractivity contribution is 6.30. The summed E-state index contributed by atoms with van der Waals surface area (Å²) in [5, 5.41) is 4.95. The minimum absolute atomic E-state index is 0.0829. The van der Waals surface area contributed by atoms with Crippen molar-refractivity contribution in [1.82, 2.24) is 10.3 Å². The number of methoxy groups -OCH3 is 1. The Balaban J connectivity index is 1.91. The van der Waals surface area contributed by atoms with Crippen LogP contribution in [0.1, 0.15) is 37.1 Å². The smallest absolute Gasteiger partial charge is 0.218 e. The number of nitrogens with zero attached hydrogens (tertiary/aromatic N) is 1. The maximum atomic E-state index is 14.1. The number of nitrogens with one attached hydrogen (secondary N) is 1. The molecule has 0 aliphatic rings. The number of para-hydroxylation sites is 1. The zero-order valence-electron chi connectivity index (χ0n) is 14.4. The molecule has 130 valence electrons. The van der Waals surface area contributed by atoms with E-state index in [0.717, 1.165) is 16.5 Å². The van der Waals surface area contributed by atoms with Crippen molar-refractivity contribution in [3.05, 3.63) is 70.5 Å². The number of hydrogen-bond donors (Lipinski definition) is 1. The summed E-state index contributed by atoms with van der Waals surface area (Å²) < 4.78 is 19.5. The van der Waals surface area contributed by atoms with Gasteiger partial charge in [-0.1, -0.05) is 29.8 Å². The van der Waals surface area contributed by atoms with Gasteiger partial charge in [-0.05, 0) is 44.2 Å². The summed E-state index contributed by atoms with van der Waals surface area (Å²) in [4.78, 5) is 4.57. The summed E-state index contributed by atoms with van der Waals surface area (Å²) in [6.45, 7) is 3.92. The molecule has 0 saturated heterocycles. The highest BCUT2D eigenvalue weighted by Crippen LogP contribution is 2.30. The monoisotopic (exact) mass is 358 g/mol. The number of ether oxygens (including phenoxy) is 1. The molecule has 1 heterocycles. The van der Waals surface area contributed by atoms with Gasteiger partial charge in [-0.3, -0.25) is 0 Å². The van der Waals surface area contributed by atoms with Crippen molar-refractivity contribution in [2.24, 2.45) is 0 Å². The molecule has 0 amide bonds. The Morgan fingerprint density at radius 2 is 1.76 bits per heavy atom. The predicted molar refractivity (Wildman–Crippen MR) is 99.7 cm³/mol. The van der Waals surface area contributed by atoms with Gasteiger partial charge in [0.25, 0.3) is 0 Å². The van der Waals surface area contributed by atoms with Gasteiger partial charge >= 0.3 is 0 Å². The van der Waals surface area contributed by atoms with Crippen molar-refractivity contribution >= 4 is 22.5 Å². The molecule has 3 aromatic rings. The lowest BCUT2D eigenvalue weighted by Gasteiger charge is -2.22. The van der Waals surface area contributed by atoms with Gasteiger partial charge in [0.15, 0.2) is 0 Å². The summed E-state index contributed by atoms with van der Waals surface area (Å²) in [7, 11) is 1.60. The average Bonchev–Trinajstić information content (AvgIpc) is 2.62. The SMILES string of the molecule is COc1nc2ccccc2cc1C(C)N[C@@H](C)c1cc(Cl)ccc1F. The summed E-state index contributed by atoms with van der Waals surface area (Å²) in [6, 6.07) is 14.2.